The molecule has 9 nitrogen and oxygen atoms in total. The van der Waals surface area contributed by atoms with Crippen LogP contribution in [0.1, 0.15) is 59.8 Å². The molecule has 194 valence electrons. The van der Waals surface area contributed by atoms with E-state index in [4.69, 9.17) is 22.8 Å². The van der Waals surface area contributed by atoms with Crippen LogP contribution in [-0.2, 0) is 49.0 Å². The Bertz CT molecular complexity index is 254. The first-order chi connectivity index (χ1) is 14.9. The molecule has 11 heteroatoms. The Morgan fingerprint density at radius 2 is 1.06 bits per heavy atom. The van der Waals surface area contributed by atoms with Crippen LogP contribution in [0.15, 0.2) is 0 Å². The summed E-state index contributed by atoms with van der Waals surface area (Å²) in [5, 5.41) is 37.2. The summed E-state index contributed by atoms with van der Waals surface area (Å²) in [5.74, 6) is 0. The molecule has 0 spiro atoms. The average Bonchev–Trinajstić information content (AvgIpc) is 3.67. The van der Waals surface area contributed by atoms with Gasteiger partial charge in [0.05, 0.1) is 13.2 Å². The summed E-state index contributed by atoms with van der Waals surface area (Å²) in [5.41, 5.74) is 0. The van der Waals surface area contributed by atoms with E-state index in [0.29, 0.717) is 19.3 Å². The predicted molar refractivity (Wildman–Crippen MR) is 117 cm³/mol. The molecule has 0 aliphatic carbocycles. The third-order valence-electron chi connectivity index (χ3n) is 3.23. The zero-order valence-electron chi connectivity index (χ0n) is 21.4. The van der Waals surface area contributed by atoms with Crippen molar-refractivity contribution in [1.29, 1.82) is 0 Å². The van der Waals surface area contributed by atoms with Crippen molar-refractivity contribution in [3.8, 4) is 0 Å². The van der Waals surface area contributed by atoms with Crippen LogP contribution in [0.3, 0.4) is 0 Å². The maximum absolute atomic E-state index is 9.30. The molecule has 0 saturated carbocycles. The summed E-state index contributed by atoms with van der Waals surface area (Å²) >= 11 is 0. The summed E-state index contributed by atoms with van der Waals surface area (Å²) in [7, 11) is 2.48. The van der Waals surface area contributed by atoms with Gasteiger partial charge in [-0.15, -0.1) is 26.4 Å². The van der Waals surface area contributed by atoms with Crippen LogP contribution in [0, 0.1) is 0 Å². The van der Waals surface area contributed by atoms with Gasteiger partial charge in [0.1, 0.15) is 6.10 Å². The van der Waals surface area contributed by atoms with E-state index >= 15 is 0 Å². The monoisotopic (exact) mass is 562 g/mol. The van der Waals surface area contributed by atoms with Crippen molar-refractivity contribution in [3.05, 3.63) is 0 Å². The number of hydrogen-bond acceptors (Lipinski definition) is 9. The second kappa shape index (κ2) is 39.0. The van der Waals surface area contributed by atoms with E-state index in [1.165, 1.54) is 0 Å². The summed E-state index contributed by atoms with van der Waals surface area (Å²) < 4.78 is 26.3. The Hall–Kier alpha value is 0.740. The molecular formula is C21H48O9SiZr. The molecule has 1 atom stereocenters. The van der Waals surface area contributed by atoms with Crippen molar-refractivity contribution < 1.29 is 69.4 Å². The quantitative estimate of drug-likeness (QED) is 0.168. The van der Waals surface area contributed by atoms with Gasteiger partial charge in [0.25, 0.3) is 0 Å². The Kier molecular flexibility index (Phi) is 52.2. The van der Waals surface area contributed by atoms with Gasteiger partial charge >= 0.3 is 35.0 Å². The second-order valence-corrected chi connectivity index (χ2v) is 9.34. The third kappa shape index (κ3) is 41.0. The Labute approximate surface area is 217 Å². The minimum atomic E-state index is -2.39. The first-order valence-corrected chi connectivity index (χ1v) is 13.0. The fraction of sp³-hybridized carbons (Fsp3) is 1.00. The molecule has 0 aromatic rings. The van der Waals surface area contributed by atoms with Gasteiger partial charge in [0.2, 0.25) is 0 Å². The standard InChI is InChI=1S/C9H20O5Si.4C3H7O.Zr/c1-10-15(11-2,12-3)6-4-5-13-7-9-8-14-9;4*1-2-3-4;/h9H,4-8H2,1-3H3;4*2-3H2,1H3;/q;4*-1;+4. The van der Waals surface area contributed by atoms with Crippen LogP contribution in [0.5, 0.6) is 0 Å². The fourth-order valence-corrected chi connectivity index (χ4v) is 3.02. The molecule has 1 aliphatic rings. The van der Waals surface area contributed by atoms with Crippen LogP contribution in [-0.4, -0.2) is 82.5 Å². The van der Waals surface area contributed by atoms with E-state index in [9.17, 15) is 20.4 Å². The molecule has 0 radical (unpaired) electrons. The van der Waals surface area contributed by atoms with E-state index in [0.717, 1.165) is 44.8 Å². The van der Waals surface area contributed by atoms with E-state index in [-0.39, 0.29) is 52.6 Å². The topological polar surface area (TPSA) is 142 Å². The number of rotatable bonds is 13. The summed E-state index contributed by atoms with van der Waals surface area (Å²) in [6.07, 6.45) is 4.27. The number of ether oxygens (including phenoxy) is 2. The van der Waals surface area contributed by atoms with Crippen molar-refractivity contribution in [2.24, 2.45) is 0 Å². The molecule has 1 fully saturated rings. The molecule has 1 rings (SSSR count). The minimum absolute atomic E-state index is 0. The zero-order chi connectivity index (χ0) is 24.8. The van der Waals surface area contributed by atoms with Gasteiger partial charge in [-0.25, -0.2) is 0 Å². The normalized spacial score (nSPS) is 13.4. The summed E-state index contributed by atoms with van der Waals surface area (Å²) in [4.78, 5) is 0. The maximum Gasteiger partial charge on any atom is 4.00 e. The van der Waals surface area contributed by atoms with Crippen LogP contribution in [0.2, 0.25) is 6.04 Å². The van der Waals surface area contributed by atoms with Crippen LogP contribution < -0.4 is 20.4 Å². The molecule has 0 amide bonds. The molecule has 0 bridgehead atoms. The molecule has 0 aromatic heterocycles. The van der Waals surface area contributed by atoms with Gasteiger partial charge in [-0.05, 0) is 6.42 Å². The largest absolute Gasteiger partial charge is 4.00 e. The Morgan fingerprint density at radius 1 is 0.750 bits per heavy atom. The van der Waals surface area contributed by atoms with Crippen molar-refractivity contribution in [2.45, 2.75) is 71.9 Å². The molecule has 1 saturated heterocycles. The minimum Gasteiger partial charge on any atom is -0.854 e. The zero-order valence-corrected chi connectivity index (χ0v) is 24.9. The predicted octanol–water partition coefficient (Wildman–Crippen LogP) is -0.306. The van der Waals surface area contributed by atoms with Gasteiger partial charge in [-0.2, -0.15) is 0 Å². The number of hydrogen-bond donors (Lipinski definition) is 0. The van der Waals surface area contributed by atoms with Crippen LogP contribution >= 0.6 is 0 Å². The van der Waals surface area contributed by atoms with Crippen LogP contribution in [0.25, 0.3) is 0 Å². The van der Waals surface area contributed by atoms with Crippen molar-refractivity contribution >= 4 is 8.80 Å². The molecule has 0 aromatic carbocycles. The number of epoxide rings is 1. The van der Waals surface area contributed by atoms with Crippen LogP contribution in [0.4, 0.5) is 0 Å². The molecule has 32 heavy (non-hydrogen) atoms. The van der Waals surface area contributed by atoms with Gasteiger partial charge in [-0.3, -0.25) is 0 Å². The maximum atomic E-state index is 9.30. The van der Waals surface area contributed by atoms with Crippen molar-refractivity contribution in [1.82, 2.24) is 0 Å². The van der Waals surface area contributed by atoms with Gasteiger partial charge in [0.15, 0.2) is 0 Å². The van der Waals surface area contributed by atoms with Gasteiger partial charge < -0.3 is 43.2 Å². The van der Waals surface area contributed by atoms with Crippen molar-refractivity contribution in [3.63, 3.8) is 0 Å². The first kappa shape index (κ1) is 42.9. The molecular weight excluding hydrogens is 516 g/mol. The van der Waals surface area contributed by atoms with E-state index in [1.54, 1.807) is 21.3 Å². The Morgan fingerprint density at radius 3 is 1.28 bits per heavy atom. The third-order valence-corrected chi connectivity index (χ3v) is 6.06. The smallest absolute Gasteiger partial charge is 0.854 e. The first-order valence-electron chi connectivity index (χ1n) is 11.1. The van der Waals surface area contributed by atoms with Gasteiger partial charge in [-0.1, -0.05) is 53.4 Å². The van der Waals surface area contributed by atoms with E-state index in [2.05, 4.69) is 0 Å². The Balaban J connectivity index is -0.000000118. The van der Waals surface area contributed by atoms with E-state index < -0.39 is 8.80 Å². The second-order valence-electron chi connectivity index (χ2n) is 6.25. The summed E-state index contributed by atoms with van der Waals surface area (Å²) in [6, 6.07) is 0.780. The summed E-state index contributed by atoms with van der Waals surface area (Å²) in [6.45, 7) is 9.99. The van der Waals surface area contributed by atoms with Gasteiger partial charge in [0, 0.05) is 34.0 Å². The molecule has 1 heterocycles. The average molecular weight is 564 g/mol. The molecule has 0 N–H and O–H groups in total. The molecule has 1 unspecified atom stereocenters. The van der Waals surface area contributed by atoms with E-state index in [1.807, 2.05) is 27.7 Å². The molecule has 1 aliphatic heterocycles. The van der Waals surface area contributed by atoms with Crippen molar-refractivity contribution in [2.75, 3.05) is 67.6 Å². The SMILES string of the molecule is CCC[O-].CCC[O-].CCC[O-].CCC[O-].CO[Si](CCCOCC1CO1)(OC)OC.[Zr+4]. The fourth-order valence-electron chi connectivity index (χ4n) is 1.33.